The number of allylic oxidation sites excluding steroid dienone is 5. The molecule has 1 aliphatic carbocycles. The van der Waals surface area contributed by atoms with Crippen molar-refractivity contribution in [2.24, 2.45) is 0 Å². The molecule has 0 fully saturated rings. The number of amides is 1. The van der Waals surface area contributed by atoms with Gasteiger partial charge in [-0.25, -0.2) is 4.68 Å². The van der Waals surface area contributed by atoms with Gasteiger partial charge in [0.1, 0.15) is 5.75 Å². The summed E-state index contributed by atoms with van der Waals surface area (Å²) < 4.78 is 7.64. The maximum atomic E-state index is 13.6. The SMILES string of the molecule is C/C=C\C(=C/C)n1nc(C(=O)N(C)C(C)(C)C)c2c1-c1cc(C=C(C)C)c(OC)cc1CC2. The first-order chi connectivity index (χ1) is 15.5. The molecule has 0 spiro atoms. The second-order valence-corrected chi connectivity index (χ2v) is 9.81. The Morgan fingerprint density at radius 3 is 2.42 bits per heavy atom. The molecule has 5 nitrogen and oxygen atoms in total. The molecule has 1 aromatic carbocycles. The van der Waals surface area contributed by atoms with Gasteiger partial charge in [-0.05, 0) is 85.1 Å². The summed E-state index contributed by atoms with van der Waals surface area (Å²) in [5.74, 6) is 0.822. The number of ether oxygens (including phenoxy) is 1. The van der Waals surface area contributed by atoms with Crippen molar-refractivity contribution in [2.75, 3.05) is 14.2 Å². The first-order valence-electron chi connectivity index (χ1n) is 11.6. The van der Waals surface area contributed by atoms with Crippen LogP contribution in [0.25, 0.3) is 23.0 Å². The van der Waals surface area contributed by atoms with E-state index in [-0.39, 0.29) is 11.4 Å². The average Bonchev–Trinajstić information content (AvgIpc) is 3.14. The molecule has 0 unspecified atom stereocenters. The van der Waals surface area contributed by atoms with Gasteiger partial charge in [-0.1, -0.05) is 23.8 Å². The van der Waals surface area contributed by atoms with Crippen LogP contribution in [-0.2, 0) is 12.8 Å². The summed E-state index contributed by atoms with van der Waals surface area (Å²) in [6.07, 6.45) is 9.80. The van der Waals surface area contributed by atoms with Crippen LogP contribution in [0.4, 0.5) is 0 Å². The molecule has 1 heterocycles. The van der Waals surface area contributed by atoms with E-state index < -0.39 is 0 Å². The van der Waals surface area contributed by atoms with Crippen LogP contribution in [0.1, 0.15) is 75.6 Å². The van der Waals surface area contributed by atoms with Crippen molar-refractivity contribution >= 4 is 17.7 Å². The van der Waals surface area contributed by atoms with Crippen LogP contribution in [0.2, 0.25) is 0 Å². The molecule has 33 heavy (non-hydrogen) atoms. The van der Waals surface area contributed by atoms with E-state index >= 15 is 0 Å². The normalized spacial score (nSPS) is 13.5. The van der Waals surface area contributed by atoms with Gasteiger partial charge in [-0.2, -0.15) is 5.10 Å². The highest BCUT2D eigenvalue weighted by Gasteiger charge is 2.33. The van der Waals surface area contributed by atoms with Crippen LogP contribution >= 0.6 is 0 Å². The lowest BCUT2D eigenvalue weighted by atomic mass is 9.86. The van der Waals surface area contributed by atoms with Crippen molar-refractivity contribution in [1.29, 1.82) is 0 Å². The number of rotatable bonds is 5. The molecule has 0 aliphatic heterocycles. The predicted molar refractivity (Wildman–Crippen MR) is 138 cm³/mol. The quantitative estimate of drug-likeness (QED) is 0.499. The summed E-state index contributed by atoms with van der Waals surface area (Å²) in [5, 5.41) is 4.91. The fourth-order valence-corrected chi connectivity index (χ4v) is 4.17. The molecule has 2 aromatic rings. The summed E-state index contributed by atoms with van der Waals surface area (Å²) in [6, 6.07) is 4.32. The number of methoxy groups -OCH3 is 1. The number of fused-ring (bicyclic) bond motifs is 3. The third-order valence-electron chi connectivity index (χ3n) is 6.17. The van der Waals surface area contributed by atoms with E-state index in [1.54, 1.807) is 12.0 Å². The molecule has 0 atom stereocenters. The number of hydrogen-bond donors (Lipinski definition) is 0. The van der Waals surface area contributed by atoms with Crippen molar-refractivity contribution in [1.82, 2.24) is 14.7 Å². The Kier molecular flexibility index (Phi) is 7.01. The van der Waals surface area contributed by atoms with E-state index in [0.29, 0.717) is 5.69 Å². The number of nitrogens with zero attached hydrogens (tertiary/aromatic N) is 3. The van der Waals surface area contributed by atoms with Gasteiger partial charge in [-0.15, -0.1) is 0 Å². The van der Waals surface area contributed by atoms with E-state index in [1.165, 1.54) is 11.1 Å². The zero-order chi connectivity index (χ0) is 24.5. The lowest BCUT2D eigenvalue weighted by Crippen LogP contribution is -2.43. The van der Waals surface area contributed by atoms with Gasteiger partial charge in [0.05, 0.1) is 18.5 Å². The molecule has 0 radical (unpaired) electrons. The molecule has 0 N–H and O–H groups in total. The summed E-state index contributed by atoms with van der Waals surface area (Å²) in [5.41, 5.74) is 7.75. The summed E-state index contributed by atoms with van der Waals surface area (Å²) >= 11 is 0. The Bertz CT molecular complexity index is 1150. The minimum atomic E-state index is -0.295. The third kappa shape index (κ3) is 4.68. The van der Waals surface area contributed by atoms with Crippen molar-refractivity contribution in [3.8, 4) is 17.0 Å². The molecule has 5 heteroatoms. The highest BCUT2D eigenvalue weighted by Crippen LogP contribution is 2.41. The standard InChI is InChI=1S/C28H37N3O2/c1-10-12-21(11-2)31-26-22(25(29-31)27(32)30(8)28(5,6)7)14-13-19-17-24(33-9)20(15-18(3)4)16-23(19)26/h10-12,15-17H,13-14H2,1-9H3/b12-10-,21-11+. The monoisotopic (exact) mass is 447 g/mol. The minimum absolute atomic E-state index is 0.0464. The molecule has 1 amide bonds. The van der Waals surface area contributed by atoms with Gasteiger partial charge in [-0.3, -0.25) is 4.79 Å². The number of hydrogen-bond acceptors (Lipinski definition) is 3. The number of benzene rings is 1. The Hall–Kier alpha value is -3.08. The highest BCUT2D eigenvalue weighted by molar-refractivity contribution is 5.97. The summed E-state index contributed by atoms with van der Waals surface area (Å²) in [4.78, 5) is 15.3. The van der Waals surface area contributed by atoms with Gasteiger partial charge in [0.25, 0.3) is 5.91 Å². The second-order valence-electron chi connectivity index (χ2n) is 9.81. The van der Waals surface area contributed by atoms with Gasteiger partial charge >= 0.3 is 0 Å². The van der Waals surface area contributed by atoms with Crippen LogP contribution in [0.5, 0.6) is 5.75 Å². The average molecular weight is 448 g/mol. The zero-order valence-corrected chi connectivity index (χ0v) is 21.5. The molecular weight excluding hydrogens is 410 g/mol. The van der Waals surface area contributed by atoms with E-state index in [1.807, 2.05) is 64.6 Å². The van der Waals surface area contributed by atoms with Gasteiger partial charge < -0.3 is 9.64 Å². The van der Waals surface area contributed by atoms with Crippen molar-refractivity contribution < 1.29 is 9.53 Å². The molecule has 0 saturated carbocycles. The Balaban J connectivity index is 2.34. The van der Waals surface area contributed by atoms with Crippen LogP contribution < -0.4 is 4.74 Å². The van der Waals surface area contributed by atoms with E-state index in [2.05, 4.69) is 32.1 Å². The zero-order valence-electron chi connectivity index (χ0n) is 21.5. The number of aryl methyl sites for hydroxylation is 1. The van der Waals surface area contributed by atoms with E-state index in [0.717, 1.165) is 46.7 Å². The highest BCUT2D eigenvalue weighted by atomic mass is 16.5. The lowest BCUT2D eigenvalue weighted by molar-refractivity contribution is 0.0648. The first-order valence-corrected chi connectivity index (χ1v) is 11.6. The minimum Gasteiger partial charge on any atom is -0.496 e. The number of aromatic nitrogens is 2. The van der Waals surface area contributed by atoms with Gasteiger partial charge in [0, 0.05) is 29.3 Å². The maximum Gasteiger partial charge on any atom is 0.274 e. The molecule has 0 saturated heterocycles. The third-order valence-corrected chi connectivity index (χ3v) is 6.17. The van der Waals surface area contributed by atoms with Crippen molar-refractivity contribution in [3.63, 3.8) is 0 Å². The summed E-state index contributed by atoms with van der Waals surface area (Å²) in [7, 11) is 3.57. The van der Waals surface area contributed by atoms with Crippen LogP contribution in [0.15, 0.2) is 35.9 Å². The van der Waals surface area contributed by atoms with Crippen molar-refractivity contribution in [2.45, 2.75) is 66.8 Å². The molecule has 3 rings (SSSR count). The predicted octanol–water partition coefficient (Wildman–Crippen LogP) is 6.39. The molecular formula is C28H37N3O2. The van der Waals surface area contributed by atoms with Gasteiger partial charge in [0.15, 0.2) is 5.69 Å². The van der Waals surface area contributed by atoms with Crippen molar-refractivity contribution in [3.05, 3.63) is 58.3 Å². The van der Waals surface area contributed by atoms with Crippen LogP contribution in [0, 0.1) is 0 Å². The Morgan fingerprint density at radius 1 is 1.18 bits per heavy atom. The summed E-state index contributed by atoms with van der Waals surface area (Å²) in [6.45, 7) is 14.3. The number of carbonyl (C=O) groups is 1. The molecule has 1 aliphatic rings. The molecule has 1 aromatic heterocycles. The van der Waals surface area contributed by atoms with Gasteiger partial charge in [0.2, 0.25) is 0 Å². The Morgan fingerprint density at radius 2 is 1.88 bits per heavy atom. The van der Waals surface area contributed by atoms with Crippen LogP contribution in [-0.4, -0.2) is 40.3 Å². The second kappa shape index (κ2) is 9.42. The van der Waals surface area contributed by atoms with E-state index in [9.17, 15) is 4.79 Å². The van der Waals surface area contributed by atoms with Crippen LogP contribution in [0.3, 0.4) is 0 Å². The topological polar surface area (TPSA) is 47.4 Å². The smallest absolute Gasteiger partial charge is 0.274 e. The molecule has 176 valence electrons. The van der Waals surface area contributed by atoms with E-state index in [4.69, 9.17) is 9.84 Å². The fraction of sp³-hybridized carbons (Fsp3) is 0.429. The largest absolute Gasteiger partial charge is 0.496 e. The molecule has 0 bridgehead atoms. The first kappa shape index (κ1) is 24.6. The Labute approximate surface area is 198 Å². The number of carbonyl (C=O) groups excluding carboxylic acids is 1. The fourth-order valence-electron chi connectivity index (χ4n) is 4.17. The maximum absolute atomic E-state index is 13.6. The lowest BCUT2D eigenvalue weighted by Gasteiger charge is -2.31.